The number of nitrogens with zero attached hydrogens (tertiary/aromatic N) is 1. The van der Waals surface area contributed by atoms with E-state index in [0.717, 1.165) is 11.1 Å². The van der Waals surface area contributed by atoms with Gasteiger partial charge in [-0.05, 0) is 31.9 Å². The van der Waals surface area contributed by atoms with Gasteiger partial charge >= 0.3 is 0 Å². The zero-order valence-electron chi connectivity index (χ0n) is 16.9. The van der Waals surface area contributed by atoms with Gasteiger partial charge in [0.2, 0.25) is 0 Å². The first-order valence-corrected chi connectivity index (χ1v) is 9.28. The van der Waals surface area contributed by atoms with Crippen LogP contribution in [0.25, 0.3) is 0 Å². The van der Waals surface area contributed by atoms with Crippen LogP contribution >= 0.6 is 11.6 Å². The van der Waals surface area contributed by atoms with Crippen molar-refractivity contribution in [1.82, 2.24) is 10.4 Å². The lowest BCUT2D eigenvalue weighted by Gasteiger charge is -2.18. The van der Waals surface area contributed by atoms with Crippen LogP contribution in [0.1, 0.15) is 41.0 Å². The second kappa shape index (κ2) is 9.98. The van der Waals surface area contributed by atoms with Crippen LogP contribution in [0.4, 0.5) is 8.78 Å². The normalized spacial score (nSPS) is 16.5. The third-order valence-electron chi connectivity index (χ3n) is 3.94. The van der Waals surface area contributed by atoms with Crippen molar-refractivity contribution in [1.29, 1.82) is 0 Å². The average Bonchev–Trinajstić information content (AvgIpc) is 2.74. The van der Waals surface area contributed by atoms with E-state index < -0.39 is 23.3 Å². The summed E-state index contributed by atoms with van der Waals surface area (Å²) in [5.41, 5.74) is 3.21. The maximum absolute atomic E-state index is 13.5. The van der Waals surface area contributed by atoms with Crippen molar-refractivity contribution in [3.8, 4) is 0 Å². The molecule has 0 radical (unpaired) electrons. The SMILES string of the molecule is C=C(Cl)/C(=C\C=C(/C)NN1C(=O)C(C)=C(CCOCC(C)C)C1=O)C(C)(F)F. The summed E-state index contributed by atoms with van der Waals surface area (Å²) in [6.07, 6.45) is 2.73. The Labute approximate surface area is 169 Å². The number of hydrogen-bond donors (Lipinski definition) is 1. The molecule has 1 N–H and O–H groups in total. The number of hydrogen-bond acceptors (Lipinski definition) is 4. The van der Waals surface area contributed by atoms with Gasteiger partial charge in [0.1, 0.15) is 0 Å². The van der Waals surface area contributed by atoms with E-state index in [1.165, 1.54) is 6.08 Å². The Kier molecular flexibility index (Phi) is 8.57. The zero-order valence-corrected chi connectivity index (χ0v) is 17.6. The monoisotopic (exact) mass is 416 g/mol. The Hall–Kier alpha value is -1.99. The Morgan fingerprint density at radius 2 is 1.93 bits per heavy atom. The van der Waals surface area contributed by atoms with Crippen LogP contribution in [0.15, 0.2) is 46.2 Å². The minimum Gasteiger partial charge on any atom is -0.381 e. The molecule has 0 fully saturated rings. The maximum atomic E-state index is 13.5. The lowest BCUT2D eigenvalue weighted by molar-refractivity contribution is -0.140. The van der Waals surface area contributed by atoms with E-state index in [0.29, 0.717) is 49.3 Å². The Morgan fingerprint density at radius 1 is 1.32 bits per heavy atom. The van der Waals surface area contributed by atoms with Gasteiger partial charge in [0, 0.05) is 47.4 Å². The van der Waals surface area contributed by atoms with E-state index in [4.69, 9.17) is 16.3 Å². The summed E-state index contributed by atoms with van der Waals surface area (Å²) in [4.78, 5) is 24.9. The lowest BCUT2D eigenvalue weighted by atomic mass is 10.1. The molecule has 0 aromatic heterocycles. The molecule has 0 spiro atoms. The smallest absolute Gasteiger partial charge is 0.276 e. The van der Waals surface area contributed by atoms with Gasteiger partial charge in [0.25, 0.3) is 17.7 Å². The molecule has 0 aromatic rings. The molecule has 0 unspecified atom stereocenters. The number of alkyl halides is 2. The molecule has 0 saturated carbocycles. The maximum Gasteiger partial charge on any atom is 0.276 e. The highest BCUT2D eigenvalue weighted by molar-refractivity contribution is 6.31. The van der Waals surface area contributed by atoms with E-state index in [1.807, 2.05) is 13.8 Å². The highest BCUT2D eigenvalue weighted by atomic mass is 35.5. The van der Waals surface area contributed by atoms with Crippen molar-refractivity contribution in [2.45, 2.75) is 47.0 Å². The third kappa shape index (κ3) is 6.56. The van der Waals surface area contributed by atoms with Crippen molar-refractivity contribution >= 4 is 23.4 Å². The van der Waals surface area contributed by atoms with Crippen molar-refractivity contribution in [2.75, 3.05) is 13.2 Å². The quantitative estimate of drug-likeness (QED) is 0.324. The molecule has 5 nitrogen and oxygen atoms in total. The number of carbonyl (C=O) groups is 2. The first-order valence-electron chi connectivity index (χ1n) is 8.90. The highest BCUT2D eigenvalue weighted by Crippen LogP contribution is 2.30. The predicted octanol–water partition coefficient (Wildman–Crippen LogP) is 4.48. The Morgan fingerprint density at radius 3 is 2.43 bits per heavy atom. The molecule has 8 heteroatoms. The molecule has 28 heavy (non-hydrogen) atoms. The molecule has 2 amide bonds. The molecule has 1 aliphatic heterocycles. The lowest BCUT2D eigenvalue weighted by Crippen LogP contribution is -2.42. The number of allylic oxidation sites excluding steroid dienone is 5. The second-order valence-corrected chi connectivity index (χ2v) is 7.56. The van der Waals surface area contributed by atoms with Gasteiger partial charge < -0.3 is 4.74 Å². The number of rotatable bonds is 10. The van der Waals surface area contributed by atoms with Crippen LogP contribution in [0.5, 0.6) is 0 Å². The van der Waals surface area contributed by atoms with Gasteiger partial charge in [-0.15, -0.1) is 0 Å². The van der Waals surface area contributed by atoms with Gasteiger partial charge in [0.15, 0.2) is 0 Å². The van der Waals surface area contributed by atoms with E-state index in [9.17, 15) is 18.4 Å². The summed E-state index contributed by atoms with van der Waals surface area (Å²) in [5.74, 6) is -3.76. The van der Waals surface area contributed by atoms with Crippen molar-refractivity contribution in [3.05, 3.63) is 46.2 Å². The van der Waals surface area contributed by atoms with E-state index in [-0.39, 0.29) is 5.03 Å². The molecule has 0 bridgehead atoms. The summed E-state index contributed by atoms with van der Waals surface area (Å²) >= 11 is 5.62. The van der Waals surface area contributed by atoms with Crippen LogP contribution < -0.4 is 5.43 Å². The van der Waals surface area contributed by atoms with Crippen molar-refractivity contribution in [3.63, 3.8) is 0 Å². The first kappa shape index (κ1) is 24.0. The molecule has 1 aliphatic rings. The van der Waals surface area contributed by atoms with Gasteiger partial charge in [-0.2, -0.15) is 5.01 Å². The second-order valence-electron chi connectivity index (χ2n) is 7.10. The third-order valence-corrected chi connectivity index (χ3v) is 4.14. The number of ether oxygens (including phenoxy) is 1. The molecule has 1 heterocycles. The van der Waals surface area contributed by atoms with Crippen LogP contribution in [-0.2, 0) is 14.3 Å². The Bertz CT molecular complexity index is 734. The van der Waals surface area contributed by atoms with Crippen molar-refractivity contribution < 1.29 is 23.1 Å². The Balaban J connectivity index is 2.84. The van der Waals surface area contributed by atoms with E-state index in [1.54, 1.807) is 13.8 Å². The summed E-state index contributed by atoms with van der Waals surface area (Å²) < 4.78 is 32.5. The number of imide groups is 1. The highest BCUT2D eigenvalue weighted by Gasteiger charge is 2.36. The van der Waals surface area contributed by atoms with Crippen LogP contribution in [-0.4, -0.2) is 36.0 Å². The minimum atomic E-state index is -3.17. The van der Waals surface area contributed by atoms with Crippen molar-refractivity contribution in [2.24, 2.45) is 5.92 Å². The van der Waals surface area contributed by atoms with E-state index >= 15 is 0 Å². The summed E-state index contributed by atoms with van der Waals surface area (Å²) in [6, 6.07) is 0. The number of nitrogens with one attached hydrogen (secondary N) is 1. The molecule has 0 aromatic carbocycles. The molecule has 0 saturated heterocycles. The molecular weight excluding hydrogens is 390 g/mol. The summed E-state index contributed by atoms with van der Waals surface area (Å²) in [6.45, 7) is 12.1. The largest absolute Gasteiger partial charge is 0.381 e. The fraction of sp³-hybridized carbons (Fsp3) is 0.500. The molecule has 0 aliphatic carbocycles. The van der Waals surface area contributed by atoms with Crippen LogP contribution in [0.2, 0.25) is 0 Å². The fourth-order valence-electron chi connectivity index (χ4n) is 2.47. The van der Waals surface area contributed by atoms with Gasteiger partial charge in [-0.1, -0.05) is 32.0 Å². The standard InChI is InChI=1S/C20H27ClF2N2O3/c1-12(2)11-28-10-9-16-14(4)18(26)25(19(16)27)24-13(3)7-8-17(15(5)21)20(6,22)23/h7-8,12,24H,5,9-11H2,1-4,6H3/b13-7+,17-8+. The number of carbonyl (C=O) groups excluding carboxylic acids is 2. The molecule has 1 rings (SSSR count). The minimum absolute atomic E-state index is 0.286. The fourth-order valence-corrected chi connectivity index (χ4v) is 2.70. The van der Waals surface area contributed by atoms with E-state index in [2.05, 4.69) is 12.0 Å². The zero-order chi connectivity index (χ0) is 21.6. The molecule has 0 atom stereocenters. The predicted molar refractivity (Wildman–Crippen MR) is 105 cm³/mol. The first-order chi connectivity index (χ1) is 12.9. The number of amides is 2. The van der Waals surface area contributed by atoms with Crippen LogP contribution in [0.3, 0.4) is 0 Å². The summed E-state index contributed by atoms with van der Waals surface area (Å²) in [5, 5.41) is 0.581. The van der Waals surface area contributed by atoms with Gasteiger partial charge in [-0.3, -0.25) is 15.0 Å². The van der Waals surface area contributed by atoms with Gasteiger partial charge in [-0.25, -0.2) is 8.78 Å². The van der Waals surface area contributed by atoms with Gasteiger partial charge in [0.05, 0.1) is 6.61 Å². The molecule has 156 valence electrons. The number of halogens is 3. The summed E-state index contributed by atoms with van der Waals surface area (Å²) in [7, 11) is 0. The average molecular weight is 417 g/mol. The molecular formula is C20H27ClF2N2O3. The topological polar surface area (TPSA) is 58.6 Å². The number of hydrazine groups is 1. The van der Waals surface area contributed by atoms with Crippen LogP contribution in [0, 0.1) is 5.92 Å².